The Balaban J connectivity index is 2.06. The van der Waals surface area contributed by atoms with Gasteiger partial charge in [0.25, 0.3) is 0 Å². The predicted octanol–water partition coefficient (Wildman–Crippen LogP) is 2.25. The molecule has 0 radical (unpaired) electrons. The normalized spacial score (nSPS) is 13.3. The van der Waals surface area contributed by atoms with E-state index in [2.05, 4.69) is 20.2 Å². The number of aliphatic hydroxyl groups is 1. The van der Waals surface area contributed by atoms with Crippen LogP contribution in [-0.4, -0.2) is 52.5 Å². The largest absolute Gasteiger partial charge is 0.494 e. The molecule has 2 unspecified atom stereocenters. The molecule has 3 heterocycles. The second kappa shape index (κ2) is 9.97. The molecule has 0 fully saturated rings. The zero-order valence-electron chi connectivity index (χ0n) is 19.5. The smallest absolute Gasteiger partial charge is 0.222 e. The van der Waals surface area contributed by atoms with Crippen LogP contribution < -0.4 is 14.6 Å². The maximum Gasteiger partial charge on any atom is 0.222 e. The lowest BCUT2D eigenvalue weighted by Gasteiger charge is -2.23. The van der Waals surface area contributed by atoms with Gasteiger partial charge in [-0.15, -0.1) is 10.2 Å². The summed E-state index contributed by atoms with van der Waals surface area (Å²) in [5.41, 5.74) is 1.46. The minimum atomic E-state index is -4.53. The molecule has 4 aromatic rings. The number of ether oxygens (including phenoxy) is 2. The maximum absolute atomic E-state index is 13.4. The zero-order valence-corrected chi connectivity index (χ0v) is 20.3. The van der Waals surface area contributed by atoms with E-state index in [1.165, 1.54) is 25.0 Å². The molecule has 0 amide bonds. The molecule has 2 atom stereocenters. The van der Waals surface area contributed by atoms with Crippen molar-refractivity contribution in [1.82, 2.24) is 24.7 Å². The van der Waals surface area contributed by atoms with Crippen LogP contribution in [0.25, 0.3) is 17.1 Å². The Labute approximate surface area is 206 Å². The fraction of sp³-hybridized carbons (Fsp3) is 0.217. The first kappa shape index (κ1) is 25.2. The van der Waals surface area contributed by atoms with Gasteiger partial charge >= 0.3 is 0 Å². The summed E-state index contributed by atoms with van der Waals surface area (Å²) in [4.78, 5) is 8.02. The van der Waals surface area contributed by atoms with Crippen molar-refractivity contribution in [2.45, 2.75) is 18.3 Å². The summed E-state index contributed by atoms with van der Waals surface area (Å²) in [7, 11) is -1.66. The van der Waals surface area contributed by atoms with Gasteiger partial charge in [0.05, 0.1) is 26.1 Å². The molecule has 0 aliphatic carbocycles. The van der Waals surface area contributed by atoms with E-state index in [4.69, 9.17) is 14.6 Å². The molecule has 11 nitrogen and oxygen atoms in total. The van der Waals surface area contributed by atoms with Gasteiger partial charge < -0.3 is 14.6 Å². The Kier molecular flexibility index (Phi) is 6.97. The van der Waals surface area contributed by atoms with Crippen LogP contribution in [0.4, 0.5) is 4.39 Å². The molecule has 1 aromatic carbocycles. The fourth-order valence-corrected chi connectivity index (χ4v) is 4.75. The van der Waals surface area contributed by atoms with Gasteiger partial charge in [-0.05, 0) is 42.8 Å². The highest BCUT2D eigenvalue weighted by Gasteiger charge is 2.40. The quantitative estimate of drug-likeness (QED) is 0.360. The summed E-state index contributed by atoms with van der Waals surface area (Å²) in [6.07, 6.45) is 2.22. The van der Waals surface area contributed by atoms with Crippen LogP contribution in [0.1, 0.15) is 28.4 Å². The molecule has 0 aliphatic rings. The number of halogens is 1. The lowest BCUT2D eigenvalue weighted by molar-refractivity contribution is 0.163. The first-order chi connectivity index (χ1) is 17.2. The number of sulfonamides is 1. The molecule has 188 valence electrons. The number of aryl methyl sites for hydroxylation is 1. The molecular formula is C23H23FN6O5S. The van der Waals surface area contributed by atoms with Crippen molar-refractivity contribution < 1.29 is 27.4 Å². The lowest BCUT2D eigenvalue weighted by atomic mass is 10.1. The van der Waals surface area contributed by atoms with Gasteiger partial charge in [-0.3, -0.25) is 14.5 Å². The maximum atomic E-state index is 13.4. The van der Waals surface area contributed by atoms with E-state index in [-0.39, 0.29) is 23.0 Å². The standard InChI is InChI=1S/C23H23FN6O5S/c1-13-9-14(11-26-10-13)22-28-29-23(30(22)19-17(34-2)5-4-6-18(19)35-3)21(36(25,32)33)20(31)16-8-7-15(24)12-27-16/h4-12,20-21,31H,1-3H3,(H2,25,32,33). The van der Waals surface area contributed by atoms with Gasteiger partial charge in [0.2, 0.25) is 10.0 Å². The highest BCUT2D eigenvalue weighted by Crippen LogP contribution is 2.41. The molecule has 3 aromatic heterocycles. The second-order valence-electron chi connectivity index (χ2n) is 7.84. The van der Waals surface area contributed by atoms with Crippen LogP contribution in [0.15, 0.2) is 55.0 Å². The van der Waals surface area contributed by atoms with Gasteiger partial charge in [-0.25, -0.2) is 17.9 Å². The summed E-state index contributed by atoms with van der Waals surface area (Å²) < 4.78 is 51.6. The van der Waals surface area contributed by atoms with Crippen molar-refractivity contribution in [2.75, 3.05) is 14.2 Å². The third kappa shape index (κ3) is 4.76. The molecule has 13 heteroatoms. The number of pyridine rings is 2. The monoisotopic (exact) mass is 514 g/mol. The molecular weight excluding hydrogens is 491 g/mol. The summed E-state index contributed by atoms with van der Waals surface area (Å²) >= 11 is 0. The first-order valence-corrected chi connectivity index (χ1v) is 12.2. The number of para-hydroxylation sites is 1. The predicted molar refractivity (Wildman–Crippen MR) is 127 cm³/mol. The number of hydrogen-bond donors (Lipinski definition) is 2. The van der Waals surface area contributed by atoms with E-state index in [1.807, 2.05) is 6.92 Å². The Morgan fingerprint density at radius 3 is 2.31 bits per heavy atom. The van der Waals surface area contributed by atoms with E-state index in [0.29, 0.717) is 17.1 Å². The minimum Gasteiger partial charge on any atom is -0.494 e. The van der Waals surface area contributed by atoms with Gasteiger partial charge in [0, 0.05) is 18.0 Å². The van der Waals surface area contributed by atoms with Crippen LogP contribution in [0.5, 0.6) is 11.5 Å². The summed E-state index contributed by atoms with van der Waals surface area (Å²) in [6, 6.07) is 8.96. The summed E-state index contributed by atoms with van der Waals surface area (Å²) in [6.45, 7) is 1.83. The van der Waals surface area contributed by atoms with Gasteiger partial charge in [0.1, 0.15) is 29.1 Å². The van der Waals surface area contributed by atoms with Crippen LogP contribution in [0.2, 0.25) is 0 Å². The average molecular weight is 515 g/mol. The van der Waals surface area contributed by atoms with Gasteiger partial charge in [-0.1, -0.05) is 6.07 Å². The van der Waals surface area contributed by atoms with E-state index in [0.717, 1.165) is 23.9 Å². The first-order valence-electron chi connectivity index (χ1n) is 10.6. The molecule has 3 N–H and O–H groups in total. The second-order valence-corrected chi connectivity index (χ2v) is 9.52. The van der Waals surface area contributed by atoms with Crippen molar-refractivity contribution in [2.24, 2.45) is 5.14 Å². The topological polar surface area (TPSA) is 155 Å². The minimum absolute atomic E-state index is 0.129. The molecule has 0 saturated carbocycles. The summed E-state index contributed by atoms with van der Waals surface area (Å²) in [5.74, 6) is -0.0960. The Morgan fingerprint density at radius 1 is 1.06 bits per heavy atom. The molecule has 0 aliphatic heterocycles. The lowest BCUT2D eigenvalue weighted by Crippen LogP contribution is -2.30. The molecule has 4 rings (SSSR count). The molecule has 0 saturated heterocycles. The van der Waals surface area contributed by atoms with Crippen LogP contribution in [0.3, 0.4) is 0 Å². The van der Waals surface area contributed by atoms with Crippen molar-refractivity contribution >= 4 is 10.0 Å². The van der Waals surface area contributed by atoms with Crippen molar-refractivity contribution in [3.63, 3.8) is 0 Å². The Morgan fingerprint density at radius 2 is 1.75 bits per heavy atom. The zero-order chi connectivity index (χ0) is 26.0. The number of aromatic nitrogens is 5. The van der Waals surface area contributed by atoms with Crippen LogP contribution >= 0.6 is 0 Å². The highest BCUT2D eigenvalue weighted by atomic mass is 32.2. The number of methoxy groups -OCH3 is 2. The molecule has 36 heavy (non-hydrogen) atoms. The van der Waals surface area contributed by atoms with E-state index in [9.17, 15) is 17.9 Å². The molecule has 0 bridgehead atoms. The number of nitrogens with two attached hydrogens (primary N) is 1. The van der Waals surface area contributed by atoms with E-state index < -0.39 is 27.2 Å². The van der Waals surface area contributed by atoms with E-state index >= 15 is 0 Å². The number of aliphatic hydroxyl groups excluding tert-OH is 1. The average Bonchev–Trinajstić information content (AvgIpc) is 3.26. The van der Waals surface area contributed by atoms with Crippen molar-refractivity contribution in [3.05, 3.63) is 77.9 Å². The van der Waals surface area contributed by atoms with Crippen LogP contribution in [0, 0.1) is 12.7 Å². The number of benzene rings is 1. The number of rotatable bonds is 8. The number of hydrogen-bond acceptors (Lipinski definition) is 9. The number of primary sulfonamides is 1. The fourth-order valence-electron chi connectivity index (χ4n) is 3.80. The third-order valence-electron chi connectivity index (χ3n) is 5.40. The number of nitrogens with zero attached hydrogens (tertiary/aromatic N) is 5. The van der Waals surface area contributed by atoms with Crippen molar-refractivity contribution in [1.29, 1.82) is 0 Å². The third-order valence-corrected chi connectivity index (χ3v) is 6.57. The van der Waals surface area contributed by atoms with E-state index in [1.54, 1.807) is 30.5 Å². The molecule has 0 spiro atoms. The Hall–Kier alpha value is -3.94. The Bertz CT molecular complexity index is 1470. The van der Waals surface area contributed by atoms with Gasteiger partial charge in [-0.2, -0.15) is 0 Å². The van der Waals surface area contributed by atoms with Crippen LogP contribution in [-0.2, 0) is 10.0 Å². The van der Waals surface area contributed by atoms with Crippen molar-refractivity contribution in [3.8, 4) is 28.6 Å². The summed E-state index contributed by atoms with van der Waals surface area (Å²) in [5, 5.41) is 23.2. The highest BCUT2D eigenvalue weighted by molar-refractivity contribution is 7.89. The van der Waals surface area contributed by atoms with Gasteiger partial charge in [0.15, 0.2) is 16.9 Å². The SMILES string of the molecule is COc1cccc(OC)c1-n1c(-c2cncc(C)c2)nnc1C(C(O)c1ccc(F)cn1)S(N)(=O)=O.